The highest BCUT2D eigenvalue weighted by molar-refractivity contribution is 6.28. The number of hydrogen-bond acceptors (Lipinski definition) is 2. The fourth-order valence-corrected chi connectivity index (χ4v) is 8.19. The molecule has 0 N–H and O–H groups in total. The molecule has 0 amide bonds. The molecule has 0 radical (unpaired) electrons. The second-order valence-corrected chi connectivity index (χ2v) is 12.9. The molecule has 0 fully saturated rings. The molecule has 0 aliphatic heterocycles. The number of para-hydroxylation sites is 2. The minimum Gasteiger partial charge on any atom is -0.292 e. The van der Waals surface area contributed by atoms with Crippen molar-refractivity contribution in [3.05, 3.63) is 164 Å². The topological polar surface area (TPSA) is 30.7 Å². The maximum absolute atomic E-state index is 5.41. The SMILES string of the molecule is c1ccc(-c2ccc3c4c(cccc24)-c2cccc4c2c2c-3cccc2n4-c2nc3ccccc3nc2-c2ccc3ccccc3c2)cc1. The van der Waals surface area contributed by atoms with Crippen LogP contribution in [-0.4, -0.2) is 14.5 Å². The highest BCUT2D eigenvalue weighted by Crippen LogP contribution is 2.51. The summed E-state index contributed by atoms with van der Waals surface area (Å²) in [5.41, 5.74) is 13.4. The molecule has 0 saturated carbocycles. The first-order chi connectivity index (χ1) is 24.3. The van der Waals surface area contributed by atoms with Crippen LogP contribution in [0.5, 0.6) is 0 Å². The molecule has 1 aliphatic rings. The van der Waals surface area contributed by atoms with Crippen LogP contribution in [0.15, 0.2) is 164 Å². The van der Waals surface area contributed by atoms with Gasteiger partial charge in [0.2, 0.25) is 0 Å². The van der Waals surface area contributed by atoms with Crippen molar-refractivity contribution >= 4 is 54.4 Å². The molecular weight excluding hydrogens is 595 g/mol. The van der Waals surface area contributed by atoms with Crippen molar-refractivity contribution in [1.82, 2.24) is 14.5 Å². The second kappa shape index (κ2) is 9.96. The smallest absolute Gasteiger partial charge is 0.165 e. The van der Waals surface area contributed by atoms with Crippen molar-refractivity contribution < 1.29 is 0 Å². The van der Waals surface area contributed by atoms with Gasteiger partial charge in [0.1, 0.15) is 5.69 Å². The normalized spacial score (nSPS) is 12.1. The van der Waals surface area contributed by atoms with Gasteiger partial charge >= 0.3 is 0 Å². The van der Waals surface area contributed by atoms with Crippen LogP contribution in [-0.2, 0) is 0 Å². The van der Waals surface area contributed by atoms with Crippen LogP contribution < -0.4 is 0 Å². The van der Waals surface area contributed by atoms with E-state index in [1.165, 1.54) is 65.7 Å². The number of benzene rings is 8. The van der Waals surface area contributed by atoms with Crippen molar-refractivity contribution in [2.45, 2.75) is 0 Å². The Morgan fingerprint density at radius 2 is 0.959 bits per heavy atom. The third-order valence-electron chi connectivity index (χ3n) is 10.3. The summed E-state index contributed by atoms with van der Waals surface area (Å²) in [6.07, 6.45) is 0. The predicted octanol–water partition coefficient (Wildman–Crippen LogP) is 12.0. The number of hydrogen-bond donors (Lipinski definition) is 0. The monoisotopic (exact) mass is 621 g/mol. The van der Waals surface area contributed by atoms with Crippen LogP contribution in [0.3, 0.4) is 0 Å². The number of fused-ring (bicyclic) bond motifs is 4. The molecular formula is C46H27N3. The van der Waals surface area contributed by atoms with E-state index in [9.17, 15) is 0 Å². The Labute approximate surface area is 282 Å². The van der Waals surface area contributed by atoms with Crippen molar-refractivity contribution in [1.29, 1.82) is 0 Å². The Balaban J connectivity index is 1.26. The standard InChI is InChI=1S/C46H27N3/c1-2-12-29(13-3-1)32-25-26-37-36-18-10-22-41-44(36)43-35(34-16-8-15-33(32)42(34)37)17-9-21-40(43)49(41)46-45(47-38-19-6-7-20-39(38)48-46)31-24-23-28-11-4-5-14-30(28)27-31/h1-27H. The summed E-state index contributed by atoms with van der Waals surface area (Å²) in [5.74, 6) is 0.835. The fraction of sp³-hybridized carbons (Fsp3) is 0. The lowest BCUT2D eigenvalue weighted by molar-refractivity contribution is 1.08. The predicted molar refractivity (Wildman–Crippen MR) is 204 cm³/mol. The molecule has 0 spiro atoms. The first-order valence-electron chi connectivity index (χ1n) is 16.8. The van der Waals surface area contributed by atoms with E-state index in [0.29, 0.717) is 0 Å². The average molecular weight is 622 g/mol. The summed E-state index contributed by atoms with van der Waals surface area (Å²) in [4.78, 5) is 10.7. The van der Waals surface area contributed by atoms with Gasteiger partial charge in [0.05, 0.1) is 22.1 Å². The third-order valence-corrected chi connectivity index (χ3v) is 10.3. The Bertz CT molecular complexity index is 2920. The van der Waals surface area contributed by atoms with Crippen molar-refractivity contribution in [2.24, 2.45) is 0 Å². The Kier molecular flexibility index (Phi) is 5.38. The minimum atomic E-state index is 0.835. The molecule has 0 atom stereocenters. The van der Waals surface area contributed by atoms with Gasteiger partial charge < -0.3 is 0 Å². The first kappa shape index (κ1) is 26.5. The molecule has 10 aromatic rings. The van der Waals surface area contributed by atoms with Crippen LogP contribution >= 0.6 is 0 Å². The van der Waals surface area contributed by atoms with Crippen LogP contribution in [0.2, 0.25) is 0 Å². The first-order valence-corrected chi connectivity index (χ1v) is 16.8. The highest BCUT2D eigenvalue weighted by Gasteiger charge is 2.27. The summed E-state index contributed by atoms with van der Waals surface area (Å²) in [5, 5.41) is 7.45. The zero-order chi connectivity index (χ0) is 32.1. The van der Waals surface area contributed by atoms with Gasteiger partial charge in [-0.2, -0.15) is 0 Å². The third kappa shape index (κ3) is 3.73. The van der Waals surface area contributed by atoms with E-state index in [2.05, 4.69) is 156 Å². The molecule has 3 heteroatoms. The molecule has 226 valence electrons. The largest absolute Gasteiger partial charge is 0.292 e. The molecule has 11 rings (SSSR count). The van der Waals surface area contributed by atoms with Crippen molar-refractivity contribution in [3.63, 3.8) is 0 Å². The van der Waals surface area contributed by atoms with E-state index in [4.69, 9.17) is 9.97 Å². The van der Waals surface area contributed by atoms with Gasteiger partial charge in [-0.15, -0.1) is 0 Å². The molecule has 0 saturated heterocycles. The van der Waals surface area contributed by atoms with Gasteiger partial charge in [0, 0.05) is 16.3 Å². The van der Waals surface area contributed by atoms with Gasteiger partial charge in [-0.05, 0) is 85.3 Å². The lowest BCUT2D eigenvalue weighted by Gasteiger charge is -2.17. The molecule has 49 heavy (non-hydrogen) atoms. The van der Waals surface area contributed by atoms with Gasteiger partial charge in [0.25, 0.3) is 0 Å². The van der Waals surface area contributed by atoms with Gasteiger partial charge in [-0.3, -0.25) is 4.57 Å². The van der Waals surface area contributed by atoms with E-state index in [1.807, 2.05) is 12.1 Å². The van der Waals surface area contributed by atoms with Crippen molar-refractivity contribution in [3.8, 4) is 50.5 Å². The van der Waals surface area contributed by atoms with Crippen LogP contribution in [0.25, 0.3) is 105 Å². The van der Waals surface area contributed by atoms with E-state index in [0.717, 1.165) is 39.1 Å². The van der Waals surface area contributed by atoms with Crippen LogP contribution in [0.4, 0.5) is 0 Å². The van der Waals surface area contributed by atoms with Crippen LogP contribution in [0.1, 0.15) is 0 Å². The van der Waals surface area contributed by atoms with Crippen molar-refractivity contribution in [2.75, 3.05) is 0 Å². The lowest BCUT2D eigenvalue weighted by atomic mass is 9.89. The summed E-state index contributed by atoms with van der Waals surface area (Å²) in [7, 11) is 0. The highest BCUT2D eigenvalue weighted by atomic mass is 15.1. The maximum atomic E-state index is 5.41. The molecule has 3 nitrogen and oxygen atoms in total. The summed E-state index contributed by atoms with van der Waals surface area (Å²) in [6, 6.07) is 58.9. The van der Waals surface area contributed by atoms with E-state index in [1.54, 1.807) is 0 Å². The van der Waals surface area contributed by atoms with E-state index >= 15 is 0 Å². The Morgan fingerprint density at radius 1 is 0.367 bits per heavy atom. The van der Waals surface area contributed by atoms with Gasteiger partial charge in [-0.1, -0.05) is 133 Å². The van der Waals surface area contributed by atoms with Crippen LogP contribution in [0, 0.1) is 0 Å². The Hall–Kier alpha value is -6.58. The zero-order valence-electron chi connectivity index (χ0n) is 26.4. The van der Waals surface area contributed by atoms with E-state index in [-0.39, 0.29) is 0 Å². The van der Waals surface area contributed by atoms with Gasteiger partial charge in [0.15, 0.2) is 5.82 Å². The minimum absolute atomic E-state index is 0.835. The summed E-state index contributed by atoms with van der Waals surface area (Å²) < 4.78 is 2.35. The fourth-order valence-electron chi connectivity index (χ4n) is 8.19. The number of nitrogens with zero attached hydrogens (tertiary/aromatic N) is 3. The lowest BCUT2D eigenvalue weighted by Crippen LogP contribution is -2.04. The number of rotatable bonds is 3. The zero-order valence-corrected chi connectivity index (χ0v) is 26.4. The molecule has 1 aliphatic carbocycles. The molecule has 2 aromatic heterocycles. The summed E-state index contributed by atoms with van der Waals surface area (Å²) >= 11 is 0. The van der Waals surface area contributed by atoms with E-state index < -0.39 is 0 Å². The molecule has 0 unspecified atom stereocenters. The summed E-state index contributed by atoms with van der Waals surface area (Å²) in [6.45, 7) is 0. The molecule has 8 aromatic carbocycles. The second-order valence-electron chi connectivity index (χ2n) is 12.9. The molecule has 2 heterocycles. The quantitative estimate of drug-likeness (QED) is 0.196. The Morgan fingerprint density at radius 3 is 1.71 bits per heavy atom. The maximum Gasteiger partial charge on any atom is 0.165 e. The molecule has 0 bridgehead atoms. The van der Waals surface area contributed by atoms with Gasteiger partial charge in [-0.25, -0.2) is 9.97 Å². The number of aromatic nitrogens is 3. The average Bonchev–Trinajstić information content (AvgIpc) is 3.45.